The van der Waals surface area contributed by atoms with Crippen molar-refractivity contribution in [3.63, 3.8) is 0 Å². The Bertz CT molecular complexity index is 1100. The van der Waals surface area contributed by atoms with Crippen LogP contribution in [-0.2, 0) is 17.9 Å². The lowest BCUT2D eigenvalue weighted by molar-refractivity contribution is 0.0147. The zero-order valence-corrected chi connectivity index (χ0v) is 14.3. The van der Waals surface area contributed by atoms with Crippen LogP contribution in [0.1, 0.15) is 11.5 Å². The lowest BCUT2D eigenvalue weighted by Gasteiger charge is -2.15. The Balaban J connectivity index is 1.62. The van der Waals surface area contributed by atoms with Gasteiger partial charge in [0.2, 0.25) is 0 Å². The van der Waals surface area contributed by atoms with Gasteiger partial charge in [0.1, 0.15) is 18.0 Å². The van der Waals surface area contributed by atoms with Gasteiger partial charge in [-0.15, -0.1) is 0 Å². The zero-order chi connectivity index (χ0) is 18.1. The van der Waals surface area contributed by atoms with Gasteiger partial charge in [0, 0.05) is 6.07 Å². The summed E-state index contributed by atoms with van der Waals surface area (Å²) in [5.74, 6) is 0.689. The summed E-state index contributed by atoms with van der Waals surface area (Å²) >= 11 is 0. The second-order valence-corrected chi connectivity index (χ2v) is 6.24. The minimum Gasteiger partial charge on any atom is -0.467 e. The second kappa shape index (κ2) is 6.78. The Morgan fingerprint density at radius 1 is 1.27 bits per heavy atom. The Labute approximate surface area is 149 Å². The summed E-state index contributed by atoms with van der Waals surface area (Å²) in [4.78, 5) is 12.9. The van der Waals surface area contributed by atoms with Gasteiger partial charge < -0.3 is 14.3 Å². The largest absolute Gasteiger partial charge is 0.467 e. The van der Waals surface area contributed by atoms with Crippen molar-refractivity contribution in [2.45, 2.75) is 26.2 Å². The number of hydrogen-bond donors (Lipinski definition) is 1. The van der Waals surface area contributed by atoms with Gasteiger partial charge in [0.15, 0.2) is 0 Å². The average Bonchev–Trinajstić information content (AvgIpc) is 3.28. The maximum Gasteiger partial charge on any atom is 0.261 e. The lowest BCUT2D eigenvalue weighted by atomic mass is 10.2. The summed E-state index contributed by atoms with van der Waals surface area (Å²) in [6, 6.07) is 12.7. The zero-order valence-electron chi connectivity index (χ0n) is 14.3. The van der Waals surface area contributed by atoms with Crippen molar-refractivity contribution in [3.8, 4) is 0 Å². The van der Waals surface area contributed by atoms with Gasteiger partial charge in [-0.1, -0.05) is 12.1 Å². The number of furan rings is 1. The minimum absolute atomic E-state index is 0.0965. The standard InChI is InChI=1S/C19H19N3O4/c1-13-9-18-21(10-14(23)11-25-12-15-5-4-8-26-15)19(24)16-6-2-3-7-17(16)22(18)20-13/h2-9,14,23H,10-12H2,1H3. The Hall–Kier alpha value is -2.90. The highest BCUT2D eigenvalue weighted by atomic mass is 16.5. The number of ether oxygens (including phenoxy) is 1. The average molecular weight is 353 g/mol. The molecular formula is C19H19N3O4. The topological polar surface area (TPSA) is 81.9 Å². The summed E-state index contributed by atoms with van der Waals surface area (Å²) < 4.78 is 13.9. The molecule has 0 amide bonds. The number of aliphatic hydroxyl groups excluding tert-OH is 1. The van der Waals surface area contributed by atoms with E-state index in [4.69, 9.17) is 9.15 Å². The molecule has 0 bridgehead atoms. The number of aryl methyl sites for hydroxylation is 1. The second-order valence-electron chi connectivity index (χ2n) is 6.24. The van der Waals surface area contributed by atoms with Gasteiger partial charge in [-0.3, -0.25) is 9.36 Å². The number of aromatic nitrogens is 3. The van der Waals surface area contributed by atoms with Crippen molar-refractivity contribution in [2.24, 2.45) is 0 Å². The van der Waals surface area contributed by atoms with E-state index >= 15 is 0 Å². The highest BCUT2D eigenvalue weighted by molar-refractivity contribution is 5.80. The molecule has 0 aliphatic carbocycles. The van der Waals surface area contributed by atoms with Crippen LogP contribution in [0, 0.1) is 6.92 Å². The number of rotatable bonds is 6. The Morgan fingerprint density at radius 3 is 2.92 bits per heavy atom. The third-order valence-corrected chi connectivity index (χ3v) is 4.23. The molecule has 0 saturated carbocycles. The van der Waals surface area contributed by atoms with E-state index in [0.717, 1.165) is 11.2 Å². The predicted octanol–water partition coefficient (Wildman–Crippen LogP) is 2.13. The van der Waals surface area contributed by atoms with Crippen LogP contribution in [0.25, 0.3) is 16.6 Å². The van der Waals surface area contributed by atoms with Gasteiger partial charge in [-0.25, -0.2) is 4.52 Å². The molecule has 0 fully saturated rings. The fourth-order valence-corrected chi connectivity index (χ4v) is 3.07. The molecule has 0 aliphatic rings. The maximum atomic E-state index is 12.9. The van der Waals surface area contributed by atoms with Gasteiger partial charge in [0.05, 0.1) is 42.1 Å². The molecule has 26 heavy (non-hydrogen) atoms. The molecule has 0 spiro atoms. The van der Waals surface area contributed by atoms with Gasteiger partial charge >= 0.3 is 0 Å². The molecule has 7 heteroatoms. The molecule has 1 unspecified atom stereocenters. The van der Waals surface area contributed by atoms with E-state index in [1.54, 1.807) is 33.5 Å². The van der Waals surface area contributed by atoms with E-state index in [-0.39, 0.29) is 25.3 Å². The molecule has 0 radical (unpaired) electrons. The monoisotopic (exact) mass is 353 g/mol. The van der Waals surface area contributed by atoms with Crippen molar-refractivity contribution >= 4 is 16.6 Å². The maximum absolute atomic E-state index is 12.9. The van der Waals surface area contributed by atoms with Crippen LogP contribution in [0.5, 0.6) is 0 Å². The Kier molecular flexibility index (Phi) is 4.32. The molecule has 1 aromatic carbocycles. The fraction of sp³-hybridized carbons (Fsp3) is 0.263. The molecular weight excluding hydrogens is 334 g/mol. The van der Waals surface area contributed by atoms with Crippen molar-refractivity contribution in [3.05, 3.63) is 70.5 Å². The fourth-order valence-electron chi connectivity index (χ4n) is 3.07. The first kappa shape index (κ1) is 16.6. The first-order chi connectivity index (χ1) is 12.6. The number of hydrogen-bond acceptors (Lipinski definition) is 5. The number of aliphatic hydroxyl groups is 1. The highest BCUT2D eigenvalue weighted by Crippen LogP contribution is 2.15. The first-order valence-corrected chi connectivity index (χ1v) is 8.39. The third-order valence-electron chi connectivity index (χ3n) is 4.23. The Morgan fingerprint density at radius 2 is 2.12 bits per heavy atom. The number of fused-ring (bicyclic) bond motifs is 3. The molecule has 4 rings (SSSR count). The van der Waals surface area contributed by atoms with Gasteiger partial charge in [-0.2, -0.15) is 5.10 Å². The number of para-hydroxylation sites is 1. The molecule has 1 N–H and O–H groups in total. The molecule has 0 saturated heterocycles. The van der Waals surface area contributed by atoms with E-state index in [0.29, 0.717) is 16.8 Å². The summed E-state index contributed by atoms with van der Waals surface area (Å²) in [7, 11) is 0. The third kappa shape index (κ3) is 3.02. The van der Waals surface area contributed by atoms with E-state index < -0.39 is 6.10 Å². The molecule has 3 heterocycles. The van der Waals surface area contributed by atoms with E-state index in [9.17, 15) is 9.90 Å². The van der Waals surface area contributed by atoms with Crippen molar-refractivity contribution in [2.75, 3.05) is 6.61 Å². The van der Waals surface area contributed by atoms with Crippen LogP contribution in [-0.4, -0.2) is 32.0 Å². The molecule has 1 atom stereocenters. The lowest BCUT2D eigenvalue weighted by Crippen LogP contribution is -2.30. The summed E-state index contributed by atoms with van der Waals surface area (Å²) in [6.45, 7) is 2.37. The quantitative estimate of drug-likeness (QED) is 0.574. The molecule has 0 aliphatic heterocycles. The predicted molar refractivity (Wildman–Crippen MR) is 96.1 cm³/mol. The SMILES string of the molecule is Cc1cc2n(CC(O)COCc3ccco3)c(=O)c3ccccc3n2n1. The molecule has 7 nitrogen and oxygen atoms in total. The highest BCUT2D eigenvalue weighted by Gasteiger charge is 2.15. The van der Waals surface area contributed by atoms with E-state index in [1.165, 1.54) is 0 Å². The normalized spacial score (nSPS) is 12.8. The minimum atomic E-state index is -0.831. The van der Waals surface area contributed by atoms with Crippen molar-refractivity contribution in [1.29, 1.82) is 0 Å². The number of benzene rings is 1. The molecule has 3 aromatic heterocycles. The van der Waals surface area contributed by atoms with Gasteiger partial charge in [0.25, 0.3) is 5.56 Å². The van der Waals surface area contributed by atoms with Crippen molar-refractivity contribution < 1.29 is 14.3 Å². The van der Waals surface area contributed by atoms with E-state index in [1.807, 2.05) is 31.2 Å². The van der Waals surface area contributed by atoms with Crippen LogP contribution in [0.2, 0.25) is 0 Å². The smallest absolute Gasteiger partial charge is 0.261 e. The number of nitrogens with zero attached hydrogens (tertiary/aromatic N) is 3. The van der Waals surface area contributed by atoms with E-state index in [2.05, 4.69) is 5.10 Å². The summed E-state index contributed by atoms with van der Waals surface area (Å²) in [5, 5.41) is 15.4. The van der Waals surface area contributed by atoms with Crippen LogP contribution < -0.4 is 5.56 Å². The van der Waals surface area contributed by atoms with Crippen LogP contribution >= 0.6 is 0 Å². The van der Waals surface area contributed by atoms with Crippen LogP contribution in [0.3, 0.4) is 0 Å². The summed E-state index contributed by atoms with van der Waals surface area (Å²) in [5.41, 5.74) is 2.05. The van der Waals surface area contributed by atoms with Crippen LogP contribution in [0.15, 0.2) is 57.9 Å². The molecule has 4 aromatic rings. The summed E-state index contributed by atoms with van der Waals surface area (Å²) in [6.07, 6.45) is 0.741. The van der Waals surface area contributed by atoms with Gasteiger partial charge in [-0.05, 0) is 31.2 Å². The first-order valence-electron chi connectivity index (χ1n) is 8.39. The van der Waals surface area contributed by atoms with Crippen molar-refractivity contribution in [1.82, 2.24) is 14.2 Å². The molecule has 134 valence electrons. The van der Waals surface area contributed by atoms with Crippen LogP contribution in [0.4, 0.5) is 0 Å².